The summed E-state index contributed by atoms with van der Waals surface area (Å²) in [5.74, 6) is -0.455. The lowest BCUT2D eigenvalue weighted by atomic mass is 9.99. The van der Waals surface area contributed by atoms with Crippen molar-refractivity contribution in [3.63, 3.8) is 0 Å². The van der Waals surface area contributed by atoms with Crippen LogP contribution in [0, 0.1) is 17.1 Å². The second-order valence-corrected chi connectivity index (χ2v) is 4.68. The van der Waals surface area contributed by atoms with Gasteiger partial charge in [0.2, 0.25) is 0 Å². The fraction of sp³-hybridized carbons (Fsp3) is 0.400. The van der Waals surface area contributed by atoms with Crippen LogP contribution in [-0.2, 0) is 0 Å². The van der Waals surface area contributed by atoms with Crippen molar-refractivity contribution in [2.24, 2.45) is 0 Å². The first kappa shape index (κ1) is 13.7. The number of hydrogen-bond donors (Lipinski definition) is 1. The number of piperazine rings is 1. The predicted molar refractivity (Wildman–Crippen MR) is 73.1 cm³/mol. The number of hydrogen-bond acceptors (Lipinski definition) is 3. The van der Waals surface area contributed by atoms with E-state index in [0.717, 1.165) is 38.2 Å². The number of halogens is 1. The van der Waals surface area contributed by atoms with Gasteiger partial charge in [-0.1, -0.05) is 12.1 Å². The number of benzene rings is 1. The molecule has 1 heterocycles. The molecule has 1 fully saturated rings. The van der Waals surface area contributed by atoms with E-state index in [1.165, 1.54) is 6.07 Å². The summed E-state index contributed by atoms with van der Waals surface area (Å²) in [7, 11) is 0. The number of nitrogens with zero attached hydrogens (tertiary/aromatic N) is 2. The van der Waals surface area contributed by atoms with E-state index in [9.17, 15) is 4.39 Å². The molecule has 100 valence electrons. The smallest absolute Gasteiger partial charge is 0.140 e. The van der Waals surface area contributed by atoms with Gasteiger partial charge in [-0.3, -0.25) is 4.90 Å². The van der Waals surface area contributed by atoms with Crippen LogP contribution in [0.1, 0.15) is 23.6 Å². The monoisotopic (exact) mass is 259 g/mol. The van der Waals surface area contributed by atoms with Crippen molar-refractivity contribution in [3.05, 3.63) is 47.8 Å². The lowest BCUT2D eigenvalue weighted by molar-refractivity contribution is 0.174. The van der Waals surface area contributed by atoms with E-state index < -0.39 is 5.82 Å². The Bertz CT molecular complexity index is 487. The van der Waals surface area contributed by atoms with E-state index >= 15 is 0 Å². The summed E-state index contributed by atoms with van der Waals surface area (Å²) in [6.07, 6.45) is 2.68. The summed E-state index contributed by atoms with van der Waals surface area (Å²) in [6, 6.07) is 6.89. The van der Waals surface area contributed by atoms with Gasteiger partial charge in [-0.05, 0) is 24.1 Å². The minimum absolute atomic E-state index is 0.113. The lowest BCUT2D eigenvalue weighted by Gasteiger charge is -2.34. The molecule has 0 radical (unpaired) electrons. The summed E-state index contributed by atoms with van der Waals surface area (Å²) in [4.78, 5) is 2.35. The molecule has 1 aliphatic rings. The standard InChI is InChI=1S/C15H18FN3/c1-2-3-15(19-8-6-18-7-9-19)12-4-5-14(16)13(10-12)11-17/h2,4-5,10,15,18H,1,3,6-9H2/t15-/m0/s1. The van der Waals surface area contributed by atoms with Crippen LogP contribution in [0.3, 0.4) is 0 Å². The van der Waals surface area contributed by atoms with Crippen LogP contribution in [0.4, 0.5) is 4.39 Å². The molecular weight excluding hydrogens is 241 g/mol. The maximum absolute atomic E-state index is 13.4. The molecule has 1 aliphatic heterocycles. The second-order valence-electron chi connectivity index (χ2n) is 4.68. The summed E-state index contributed by atoms with van der Waals surface area (Å²) in [5, 5.41) is 12.2. The predicted octanol–water partition coefficient (Wildman–Crippen LogP) is 2.22. The third-order valence-corrected chi connectivity index (χ3v) is 3.48. The molecule has 1 saturated heterocycles. The fourth-order valence-corrected chi connectivity index (χ4v) is 2.48. The molecule has 3 nitrogen and oxygen atoms in total. The first-order chi connectivity index (χ1) is 9.26. The van der Waals surface area contributed by atoms with Crippen molar-refractivity contribution in [2.75, 3.05) is 26.2 Å². The molecule has 0 bridgehead atoms. The highest BCUT2D eigenvalue weighted by atomic mass is 19.1. The number of nitriles is 1. The topological polar surface area (TPSA) is 39.1 Å². The Morgan fingerprint density at radius 1 is 1.47 bits per heavy atom. The Labute approximate surface area is 113 Å². The van der Waals surface area contributed by atoms with Gasteiger partial charge in [-0.2, -0.15) is 5.26 Å². The molecule has 19 heavy (non-hydrogen) atoms. The second kappa shape index (κ2) is 6.46. The van der Waals surface area contributed by atoms with E-state index in [4.69, 9.17) is 5.26 Å². The molecule has 1 N–H and O–H groups in total. The Balaban J connectivity index is 2.27. The van der Waals surface area contributed by atoms with Gasteiger partial charge in [0.05, 0.1) is 5.56 Å². The van der Waals surface area contributed by atoms with E-state index in [1.807, 2.05) is 12.1 Å². The van der Waals surface area contributed by atoms with Crippen molar-refractivity contribution >= 4 is 0 Å². The Kier molecular flexibility index (Phi) is 4.67. The fourth-order valence-electron chi connectivity index (χ4n) is 2.48. The van der Waals surface area contributed by atoms with Gasteiger partial charge < -0.3 is 5.32 Å². The summed E-state index contributed by atoms with van der Waals surface area (Å²) in [5.41, 5.74) is 1.10. The Hall–Kier alpha value is -1.70. The molecule has 4 heteroatoms. The van der Waals surface area contributed by atoms with E-state index in [2.05, 4.69) is 16.8 Å². The maximum Gasteiger partial charge on any atom is 0.140 e. The van der Waals surface area contributed by atoms with Crippen LogP contribution in [0.15, 0.2) is 30.9 Å². The van der Waals surface area contributed by atoms with Gasteiger partial charge in [-0.15, -0.1) is 6.58 Å². The van der Waals surface area contributed by atoms with Crippen LogP contribution in [0.25, 0.3) is 0 Å². The highest BCUT2D eigenvalue weighted by Crippen LogP contribution is 2.26. The molecule has 0 aliphatic carbocycles. The zero-order valence-electron chi connectivity index (χ0n) is 10.9. The van der Waals surface area contributed by atoms with Gasteiger partial charge in [0.15, 0.2) is 0 Å². The van der Waals surface area contributed by atoms with Gasteiger partial charge in [0, 0.05) is 32.2 Å². The minimum atomic E-state index is -0.455. The zero-order valence-corrected chi connectivity index (χ0v) is 10.9. The molecule has 2 rings (SSSR count). The molecule has 1 aromatic rings. The maximum atomic E-state index is 13.4. The highest BCUT2D eigenvalue weighted by Gasteiger charge is 2.21. The van der Waals surface area contributed by atoms with Crippen molar-refractivity contribution in [2.45, 2.75) is 12.5 Å². The molecule has 0 unspecified atom stereocenters. The summed E-state index contributed by atoms with van der Waals surface area (Å²) >= 11 is 0. The van der Waals surface area contributed by atoms with Crippen LogP contribution in [0.5, 0.6) is 0 Å². The lowest BCUT2D eigenvalue weighted by Crippen LogP contribution is -2.45. The molecule has 0 amide bonds. The average Bonchev–Trinajstić information content (AvgIpc) is 2.46. The van der Waals surface area contributed by atoms with Crippen molar-refractivity contribution in [3.8, 4) is 6.07 Å². The van der Waals surface area contributed by atoms with Gasteiger partial charge >= 0.3 is 0 Å². The minimum Gasteiger partial charge on any atom is -0.314 e. The first-order valence-corrected chi connectivity index (χ1v) is 6.51. The quantitative estimate of drug-likeness (QED) is 0.843. The van der Waals surface area contributed by atoms with Crippen molar-refractivity contribution in [1.29, 1.82) is 5.26 Å². The van der Waals surface area contributed by atoms with Crippen LogP contribution < -0.4 is 5.32 Å². The van der Waals surface area contributed by atoms with Crippen LogP contribution in [0.2, 0.25) is 0 Å². The molecule has 1 atom stereocenters. The van der Waals surface area contributed by atoms with Crippen LogP contribution >= 0.6 is 0 Å². The average molecular weight is 259 g/mol. The number of rotatable bonds is 4. The van der Waals surface area contributed by atoms with E-state index in [-0.39, 0.29) is 11.6 Å². The van der Waals surface area contributed by atoms with Crippen LogP contribution in [-0.4, -0.2) is 31.1 Å². The molecular formula is C15H18FN3. The summed E-state index contributed by atoms with van der Waals surface area (Å²) < 4.78 is 13.4. The van der Waals surface area contributed by atoms with E-state index in [0.29, 0.717) is 0 Å². The first-order valence-electron chi connectivity index (χ1n) is 6.51. The summed E-state index contributed by atoms with van der Waals surface area (Å²) in [6.45, 7) is 7.63. The Morgan fingerprint density at radius 2 is 2.21 bits per heavy atom. The highest BCUT2D eigenvalue weighted by molar-refractivity contribution is 5.36. The van der Waals surface area contributed by atoms with Gasteiger partial charge in [-0.25, -0.2) is 4.39 Å². The normalized spacial score (nSPS) is 17.7. The van der Waals surface area contributed by atoms with Gasteiger partial charge in [0.1, 0.15) is 11.9 Å². The third-order valence-electron chi connectivity index (χ3n) is 3.48. The van der Waals surface area contributed by atoms with Crippen molar-refractivity contribution in [1.82, 2.24) is 10.2 Å². The van der Waals surface area contributed by atoms with Gasteiger partial charge in [0.25, 0.3) is 0 Å². The SMILES string of the molecule is C=CC[C@@H](c1ccc(F)c(C#N)c1)N1CCNCC1. The largest absolute Gasteiger partial charge is 0.314 e. The Morgan fingerprint density at radius 3 is 2.84 bits per heavy atom. The molecule has 1 aromatic carbocycles. The third kappa shape index (κ3) is 3.19. The molecule has 0 spiro atoms. The van der Waals surface area contributed by atoms with E-state index in [1.54, 1.807) is 12.1 Å². The van der Waals surface area contributed by atoms with Crippen molar-refractivity contribution < 1.29 is 4.39 Å². The molecule has 0 aromatic heterocycles. The molecule has 0 saturated carbocycles. The zero-order chi connectivity index (χ0) is 13.7. The number of nitrogens with one attached hydrogen (secondary N) is 1.